The molecule has 136 valence electrons. The van der Waals surface area contributed by atoms with Gasteiger partial charge in [0.1, 0.15) is 0 Å². The van der Waals surface area contributed by atoms with Crippen LogP contribution in [-0.2, 0) is 28.6 Å². The van der Waals surface area contributed by atoms with Crippen LogP contribution in [0.15, 0.2) is 42.6 Å². The van der Waals surface area contributed by atoms with Crippen molar-refractivity contribution in [1.29, 1.82) is 0 Å². The summed E-state index contributed by atoms with van der Waals surface area (Å²) in [5, 5.41) is 13.9. The number of benzene rings is 1. The lowest BCUT2D eigenvalue weighted by atomic mass is 9.89. The molecule has 0 spiro atoms. The van der Waals surface area contributed by atoms with Crippen molar-refractivity contribution in [2.45, 2.75) is 50.5 Å². The highest BCUT2D eigenvalue weighted by Crippen LogP contribution is 2.26. The maximum Gasteiger partial charge on any atom is 0.156 e. The van der Waals surface area contributed by atoms with Gasteiger partial charge in [0.2, 0.25) is 0 Å². The van der Waals surface area contributed by atoms with Gasteiger partial charge < -0.3 is 5.11 Å². The zero-order chi connectivity index (χ0) is 17.7. The number of sulfone groups is 1. The van der Waals surface area contributed by atoms with Crippen LogP contribution in [0.25, 0.3) is 0 Å². The van der Waals surface area contributed by atoms with E-state index in [0.717, 1.165) is 25.8 Å². The Kier molecular flexibility index (Phi) is 5.91. The Morgan fingerprint density at radius 2 is 1.80 bits per heavy atom. The predicted molar refractivity (Wildman–Crippen MR) is 97.8 cm³/mol. The van der Waals surface area contributed by atoms with Gasteiger partial charge in [-0.1, -0.05) is 30.3 Å². The molecule has 5 nitrogen and oxygen atoms in total. The van der Waals surface area contributed by atoms with Gasteiger partial charge in [0.15, 0.2) is 9.84 Å². The van der Waals surface area contributed by atoms with Gasteiger partial charge in [0, 0.05) is 12.7 Å². The van der Waals surface area contributed by atoms with Crippen LogP contribution in [-0.4, -0.2) is 35.2 Å². The van der Waals surface area contributed by atoms with E-state index in [2.05, 4.69) is 17.2 Å². The van der Waals surface area contributed by atoms with Gasteiger partial charge in [-0.05, 0) is 49.7 Å². The summed E-state index contributed by atoms with van der Waals surface area (Å²) in [6, 6.07) is 12.0. The maximum atomic E-state index is 12.4. The average Bonchev–Trinajstić information content (AvgIpc) is 3.02. The summed E-state index contributed by atoms with van der Waals surface area (Å²) in [5.41, 5.74) is 1.86. The van der Waals surface area contributed by atoms with Crippen molar-refractivity contribution < 1.29 is 13.5 Å². The third-order valence-corrected chi connectivity index (χ3v) is 6.56. The van der Waals surface area contributed by atoms with Crippen LogP contribution in [0.5, 0.6) is 0 Å². The molecule has 1 aliphatic carbocycles. The second-order valence-corrected chi connectivity index (χ2v) is 9.14. The van der Waals surface area contributed by atoms with Crippen LogP contribution >= 0.6 is 0 Å². The number of hydrogen-bond donors (Lipinski definition) is 1. The molecule has 1 aromatic carbocycles. The van der Waals surface area contributed by atoms with Crippen molar-refractivity contribution >= 4 is 9.84 Å². The molecule has 0 unspecified atom stereocenters. The second kappa shape index (κ2) is 8.15. The van der Waals surface area contributed by atoms with Crippen molar-refractivity contribution in [3.05, 3.63) is 53.9 Å². The third kappa shape index (κ3) is 5.68. The second-order valence-electron chi connectivity index (χ2n) is 7.03. The molecule has 0 bridgehead atoms. The van der Waals surface area contributed by atoms with Crippen LogP contribution in [0.1, 0.15) is 36.9 Å². The summed E-state index contributed by atoms with van der Waals surface area (Å²) in [4.78, 5) is 0. The zero-order valence-corrected chi connectivity index (χ0v) is 15.2. The third-order valence-electron chi connectivity index (χ3n) is 4.84. The molecule has 2 aromatic rings. The fraction of sp³-hybridized carbons (Fsp3) is 0.526. The molecule has 1 fully saturated rings. The Morgan fingerprint density at radius 1 is 1.08 bits per heavy atom. The first-order chi connectivity index (χ1) is 12.0. The van der Waals surface area contributed by atoms with E-state index in [4.69, 9.17) is 0 Å². The molecule has 1 aromatic heterocycles. The predicted octanol–water partition coefficient (Wildman–Crippen LogP) is 2.59. The molecule has 0 radical (unpaired) electrons. The van der Waals surface area contributed by atoms with Gasteiger partial charge in [-0.25, -0.2) is 8.42 Å². The quantitative estimate of drug-likeness (QED) is 0.822. The maximum absolute atomic E-state index is 12.4. The lowest BCUT2D eigenvalue weighted by molar-refractivity contribution is 0.113. The van der Waals surface area contributed by atoms with Crippen molar-refractivity contribution in [1.82, 2.24) is 9.78 Å². The van der Waals surface area contributed by atoms with Crippen molar-refractivity contribution in [2.24, 2.45) is 5.92 Å². The highest BCUT2D eigenvalue weighted by Gasteiger charge is 2.25. The summed E-state index contributed by atoms with van der Waals surface area (Å²) in [7, 11) is -3.16. The minimum absolute atomic E-state index is 0.00436. The highest BCUT2D eigenvalue weighted by atomic mass is 32.2. The van der Waals surface area contributed by atoms with E-state index in [1.165, 1.54) is 5.56 Å². The standard InChI is InChI=1S/C19H26N2O3S/c22-19-8-6-17(7-9-19)14-25(23,24)15-18-11-13-21(20-18)12-10-16-4-2-1-3-5-16/h1-5,11,13,17,19,22H,6-10,12,14-15H2. The van der Waals surface area contributed by atoms with Crippen molar-refractivity contribution in [2.75, 3.05) is 5.75 Å². The van der Waals surface area contributed by atoms with Gasteiger partial charge in [-0.2, -0.15) is 5.10 Å². The van der Waals surface area contributed by atoms with Crippen molar-refractivity contribution in [3.63, 3.8) is 0 Å². The smallest absolute Gasteiger partial charge is 0.156 e. The van der Waals surface area contributed by atoms with Crippen LogP contribution in [0.3, 0.4) is 0 Å². The molecule has 3 rings (SSSR count). The molecular formula is C19H26N2O3S. The molecule has 25 heavy (non-hydrogen) atoms. The Labute approximate surface area is 149 Å². The Hall–Kier alpha value is -1.66. The minimum Gasteiger partial charge on any atom is -0.393 e. The summed E-state index contributed by atoms with van der Waals surface area (Å²) in [6.07, 6.45) is 5.50. The molecule has 6 heteroatoms. The van der Waals surface area contributed by atoms with Crippen LogP contribution in [0.4, 0.5) is 0 Å². The largest absolute Gasteiger partial charge is 0.393 e. The summed E-state index contributed by atoms with van der Waals surface area (Å²) in [5.74, 6) is 0.384. The molecule has 1 N–H and O–H groups in total. The number of aromatic nitrogens is 2. The van der Waals surface area contributed by atoms with Crippen LogP contribution in [0.2, 0.25) is 0 Å². The first-order valence-corrected chi connectivity index (χ1v) is 10.8. The van der Waals surface area contributed by atoms with E-state index >= 15 is 0 Å². The Balaban J connectivity index is 1.51. The van der Waals surface area contributed by atoms with Gasteiger partial charge in [0.25, 0.3) is 0 Å². The number of nitrogens with zero attached hydrogens (tertiary/aromatic N) is 2. The first kappa shape index (κ1) is 18.1. The van der Waals surface area contributed by atoms with Gasteiger partial charge >= 0.3 is 0 Å². The van der Waals surface area contributed by atoms with E-state index in [-0.39, 0.29) is 23.5 Å². The molecule has 0 aliphatic heterocycles. The fourth-order valence-corrected chi connectivity index (χ4v) is 5.22. The van der Waals surface area contributed by atoms with Gasteiger partial charge in [-0.3, -0.25) is 4.68 Å². The topological polar surface area (TPSA) is 72.2 Å². The number of hydrogen-bond acceptors (Lipinski definition) is 4. The van der Waals surface area contributed by atoms with E-state index in [1.54, 1.807) is 6.07 Å². The lowest BCUT2D eigenvalue weighted by Crippen LogP contribution is -2.25. The summed E-state index contributed by atoms with van der Waals surface area (Å²) >= 11 is 0. The van der Waals surface area contributed by atoms with E-state index in [0.29, 0.717) is 18.5 Å². The summed E-state index contributed by atoms with van der Waals surface area (Å²) in [6.45, 7) is 0.741. The zero-order valence-electron chi connectivity index (χ0n) is 14.4. The van der Waals surface area contributed by atoms with E-state index in [1.807, 2.05) is 29.1 Å². The van der Waals surface area contributed by atoms with E-state index in [9.17, 15) is 13.5 Å². The van der Waals surface area contributed by atoms with Crippen LogP contribution in [0, 0.1) is 5.92 Å². The van der Waals surface area contributed by atoms with Crippen LogP contribution < -0.4 is 0 Å². The lowest BCUT2D eigenvalue weighted by Gasteiger charge is -2.24. The number of aryl methyl sites for hydroxylation is 2. The molecule has 0 saturated heterocycles. The molecule has 1 saturated carbocycles. The minimum atomic E-state index is -3.16. The number of rotatable bonds is 7. The van der Waals surface area contributed by atoms with E-state index < -0.39 is 9.84 Å². The molecular weight excluding hydrogens is 336 g/mol. The summed E-state index contributed by atoms with van der Waals surface area (Å²) < 4.78 is 26.7. The highest BCUT2D eigenvalue weighted by molar-refractivity contribution is 7.90. The van der Waals surface area contributed by atoms with Crippen molar-refractivity contribution in [3.8, 4) is 0 Å². The monoisotopic (exact) mass is 362 g/mol. The molecule has 0 amide bonds. The van der Waals surface area contributed by atoms with Gasteiger partial charge in [0.05, 0.1) is 23.3 Å². The first-order valence-electron chi connectivity index (χ1n) is 8.95. The fourth-order valence-electron chi connectivity index (χ4n) is 3.45. The van der Waals surface area contributed by atoms with Gasteiger partial charge in [-0.15, -0.1) is 0 Å². The molecule has 0 atom stereocenters. The number of aliphatic hydroxyl groups is 1. The number of aliphatic hydroxyl groups excluding tert-OH is 1. The molecule has 1 aliphatic rings. The molecule has 1 heterocycles. The normalized spacial score (nSPS) is 21.3. The Morgan fingerprint density at radius 3 is 2.52 bits per heavy atom. The Bertz CT molecular complexity index is 763. The average molecular weight is 362 g/mol. The SMILES string of the molecule is O=S(=O)(Cc1ccn(CCc2ccccc2)n1)CC1CCC(O)CC1.